The van der Waals surface area contributed by atoms with Gasteiger partial charge in [-0.3, -0.25) is 4.79 Å². The molecule has 0 spiro atoms. The van der Waals surface area contributed by atoms with Gasteiger partial charge in [-0.2, -0.15) is 5.10 Å². The van der Waals surface area contributed by atoms with Crippen molar-refractivity contribution >= 4 is 17.1 Å². The van der Waals surface area contributed by atoms with E-state index in [4.69, 9.17) is 5.10 Å². The van der Waals surface area contributed by atoms with Crippen LogP contribution >= 0.6 is 0 Å². The second kappa shape index (κ2) is 7.84. The zero-order valence-electron chi connectivity index (χ0n) is 15.5. The lowest BCUT2D eigenvalue weighted by atomic mass is 10.0. The Morgan fingerprint density at radius 1 is 1.26 bits per heavy atom. The number of nitrogens with one attached hydrogen (secondary N) is 2. The summed E-state index contributed by atoms with van der Waals surface area (Å²) >= 11 is 0. The summed E-state index contributed by atoms with van der Waals surface area (Å²) in [6.45, 7) is 5.07. The third-order valence-corrected chi connectivity index (χ3v) is 4.97. The molecule has 3 aromatic rings. The Balaban J connectivity index is 1.40. The van der Waals surface area contributed by atoms with Gasteiger partial charge in [0, 0.05) is 31.4 Å². The van der Waals surface area contributed by atoms with Crippen molar-refractivity contribution in [2.45, 2.75) is 32.2 Å². The monoisotopic (exact) mass is 364 g/mol. The van der Waals surface area contributed by atoms with Gasteiger partial charge >= 0.3 is 0 Å². The molecule has 0 radical (unpaired) electrons. The minimum atomic E-state index is 0.0154. The van der Waals surface area contributed by atoms with Crippen LogP contribution in [0.5, 0.6) is 0 Å². The highest BCUT2D eigenvalue weighted by molar-refractivity contribution is 5.78. The molecule has 27 heavy (non-hydrogen) atoms. The predicted octanol–water partition coefficient (Wildman–Crippen LogP) is 1.57. The van der Waals surface area contributed by atoms with Gasteiger partial charge in [0.05, 0.1) is 18.7 Å². The lowest BCUT2D eigenvalue weighted by molar-refractivity contribution is -0.120. The molecule has 2 aromatic heterocycles. The van der Waals surface area contributed by atoms with E-state index in [9.17, 15) is 4.79 Å². The fourth-order valence-electron chi connectivity index (χ4n) is 3.50. The maximum Gasteiger partial charge on any atom is 0.224 e. The molecular weight excluding hydrogens is 340 g/mol. The number of nitrogens with zero attached hydrogens (tertiary/aromatic N) is 4. The molecule has 0 bridgehead atoms. The van der Waals surface area contributed by atoms with Crippen molar-refractivity contribution in [3.8, 4) is 0 Å². The Kier molecular flexibility index (Phi) is 5.11. The van der Waals surface area contributed by atoms with E-state index >= 15 is 0 Å². The summed E-state index contributed by atoms with van der Waals surface area (Å²) in [6.07, 6.45) is 4.85. The smallest absolute Gasteiger partial charge is 0.224 e. The zero-order chi connectivity index (χ0) is 18.6. The topological polar surface area (TPSA) is 84.7 Å². The largest absolute Gasteiger partial charge is 0.354 e. The Bertz CT molecular complexity index is 927. The van der Waals surface area contributed by atoms with Crippen molar-refractivity contribution in [3.05, 3.63) is 53.5 Å². The summed E-state index contributed by atoms with van der Waals surface area (Å²) in [5, 5.41) is 11.1. The summed E-state index contributed by atoms with van der Waals surface area (Å²) in [6, 6.07) is 8.04. The fourth-order valence-corrected chi connectivity index (χ4v) is 3.50. The Morgan fingerprint density at radius 3 is 2.85 bits per heavy atom. The first-order valence-corrected chi connectivity index (χ1v) is 9.41. The number of carbonyl (C=O) groups excluding carboxylic acids is 1. The molecule has 1 atom stereocenters. The van der Waals surface area contributed by atoms with Crippen LogP contribution in [-0.2, 0) is 17.8 Å². The van der Waals surface area contributed by atoms with Gasteiger partial charge in [-0.05, 0) is 25.5 Å². The summed E-state index contributed by atoms with van der Waals surface area (Å²) < 4.78 is 1.86. The predicted molar refractivity (Wildman–Crippen MR) is 103 cm³/mol. The standard InChI is InChI=1S/C20H24N6O/c1-14-2-4-15(5-3-14)12-17(27)22-10-11-26-20-19(23-8-9-24-20)18(25-26)16-6-7-21-13-16/h2-5,8-9,16,21H,6-7,10-13H2,1H3,(H,22,27)/t16-/m0/s1. The Labute approximate surface area is 158 Å². The molecule has 4 rings (SSSR count). The minimum Gasteiger partial charge on any atom is -0.354 e. The third kappa shape index (κ3) is 3.98. The van der Waals surface area contributed by atoms with Crippen LogP contribution in [0.1, 0.15) is 29.2 Å². The van der Waals surface area contributed by atoms with Gasteiger partial charge in [-0.1, -0.05) is 29.8 Å². The maximum absolute atomic E-state index is 12.2. The van der Waals surface area contributed by atoms with Gasteiger partial charge in [0.2, 0.25) is 5.91 Å². The van der Waals surface area contributed by atoms with E-state index < -0.39 is 0 Å². The highest BCUT2D eigenvalue weighted by Crippen LogP contribution is 2.26. The Morgan fingerprint density at radius 2 is 2.07 bits per heavy atom. The molecule has 3 heterocycles. The number of amides is 1. The van der Waals surface area contributed by atoms with Crippen LogP contribution in [-0.4, -0.2) is 45.3 Å². The van der Waals surface area contributed by atoms with Crippen molar-refractivity contribution in [2.24, 2.45) is 0 Å². The lowest BCUT2D eigenvalue weighted by Crippen LogP contribution is -2.29. The lowest BCUT2D eigenvalue weighted by Gasteiger charge is -2.07. The van der Waals surface area contributed by atoms with Crippen molar-refractivity contribution < 1.29 is 4.79 Å². The second-order valence-electron chi connectivity index (χ2n) is 7.04. The summed E-state index contributed by atoms with van der Waals surface area (Å²) in [7, 11) is 0. The van der Waals surface area contributed by atoms with Crippen molar-refractivity contribution in [2.75, 3.05) is 19.6 Å². The van der Waals surface area contributed by atoms with Gasteiger partial charge in [-0.15, -0.1) is 0 Å². The molecule has 1 saturated heterocycles. The van der Waals surface area contributed by atoms with Crippen LogP contribution in [0.3, 0.4) is 0 Å². The average Bonchev–Trinajstić information content (AvgIpc) is 3.32. The van der Waals surface area contributed by atoms with Crippen molar-refractivity contribution in [1.82, 2.24) is 30.4 Å². The average molecular weight is 364 g/mol. The highest BCUT2D eigenvalue weighted by Gasteiger charge is 2.24. The van der Waals surface area contributed by atoms with Crippen LogP contribution in [0.4, 0.5) is 0 Å². The first-order valence-electron chi connectivity index (χ1n) is 9.41. The number of carbonyl (C=O) groups is 1. The van der Waals surface area contributed by atoms with Gasteiger partial charge < -0.3 is 10.6 Å². The van der Waals surface area contributed by atoms with Gasteiger partial charge in [0.15, 0.2) is 5.65 Å². The molecule has 7 nitrogen and oxygen atoms in total. The number of benzene rings is 1. The summed E-state index contributed by atoms with van der Waals surface area (Å²) in [5.41, 5.74) is 4.88. The van der Waals surface area contributed by atoms with Crippen molar-refractivity contribution in [3.63, 3.8) is 0 Å². The van der Waals surface area contributed by atoms with Crippen LogP contribution in [0, 0.1) is 6.92 Å². The minimum absolute atomic E-state index is 0.0154. The molecule has 7 heteroatoms. The number of fused-ring (bicyclic) bond motifs is 1. The normalized spacial score (nSPS) is 16.7. The molecule has 0 aliphatic carbocycles. The molecule has 0 saturated carbocycles. The molecular formula is C20H24N6O. The van der Waals surface area contributed by atoms with Crippen LogP contribution in [0.2, 0.25) is 0 Å². The van der Waals surface area contributed by atoms with E-state index in [0.717, 1.165) is 41.9 Å². The van der Waals surface area contributed by atoms with Gasteiger partial charge in [0.25, 0.3) is 0 Å². The summed E-state index contributed by atoms with van der Waals surface area (Å²) in [5.74, 6) is 0.392. The molecule has 0 unspecified atom stereocenters. The van der Waals surface area contributed by atoms with E-state index in [1.54, 1.807) is 12.4 Å². The molecule has 140 valence electrons. The summed E-state index contributed by atoms with van der Waals surface area (Å²) in [4.78, 5) is 21.1. The zero-order valence-corrected chi connectivity index (χ0v) is 15.5. The van der Waals surface area contributed by atoms with E-state index in [1.165, 1.54) is 5.56 Å². The first kappa shape index (κ1) is 17.6. The first-order chi connectivity index (χ1) is 13.2. The molecule has 1 fully saturated rings. The number of aryl methyl sites for hydroxylation is 1. The molecule has 1 amide bonds. The molecule has 1 aliphatic heterocycles. The van der Waals surface area contributed by atoms with E-state index in [2.05, 4.69) is 20.6 Å². The van der Waals surface area contributed by atoms with E-state index in [0.29, 0.717) is 25.4 Å². The van der Waals surface area contributed by atoms with E-state index in [1.807, 2.05) is 35.9 Å². The fraction of sp³-hybridized carbons (Fsp3) is 0.400. The number of hydrogen-bond acceptors (Lipinski definition) is 5. The quantitative estimate of drug-likeness (QED) is 0.694. The van der Waals surface area contributed by atoms with Crippen LogP contribution in [0.25, 0.3) is 11.2 Å². The van der Waals surface area contributed by atoms with Crippen molar-refractivity contribution in [1.29, 1.82) is 0 Å². The number of aromatic nitrogens is 4. The highest BCUT2D eigenvalue weighted by atomic mass is 16.1. The van der Waals surface area contributed by atoms with E-state index in [-0.39, 0.29) is 5.91 Å². The van der Waals surface area contributed by atoms with Crippen LogP contribution in [0.15, 0.2) is 36.7 Å². The second-order valence-corrected chi connectivity index (χ2v) is 7.04. The SMILES string of the molecule is Cc1ccc(CC(=O)NCCn2nc([C@H]3CCNC3)c3nccnc32)cc1. The number of hydrogen-bond donors (Lipinski definition) is 2. The van der Waals surface area contributed by atoms with Crippen LogP contribution < -0.4 is 10.6 Å². The third-order valence-electron chi connectivity index (χ3n) is 4.97. The maximum atomic E-state index is 12.2. The molecule has 1 aliphatic rings. The molecule has 1 aromatic carbocycles. The van der Waals surface area contributed by atoms with Gasteiger partial charge in [-0.25, -0.2) is 14.6 Å². The molecule has 2 N–H and O–H groups in total. The Hall–Kier alpha value is -2.80. The van der Waals surface area contributed by atoms with Gasteiger partial charge in [0.1, 0.15) is 5.52 Å². The number of rotatable bonds is 6.